The Morgan fingerprint density at radius 3 is 2.28 bits per heavy atom. The second-order valence-electron chi connectivity index (χ2n) is 5.49. The van der Waals surface area contributed by atoms with Gasteiger partial charge in [0.25, 0.3) is 5.69 Å². The Bertz CT molecular complexity index is 813. The molecule has 0 amide bonds. The van der Waals surface area contributed by atoms with Gasteiger partial charge in [-0.2, -0.15) is 0 Å². The molecule has 10 heteroatoms. The van der Waals surface area contributed by atoms with Gasteiger partial charge in [-0.05, 0) is 32.1 Å². The highest BCUT2D eigenvalue weighted by atomic mass is 35.5. The predicted molar refractivity (Wildman–Crippen MR) is 93.4 cm³/mol. The summed E-state index contributed by atoms with van der Waals surface area (Å²) in [6, 6.07) is 4.75. The second-order valence-corrected chi connectivity index (χ2v) is 7.41. The molecule has 0 radical (unpaired) electrons. The summed E-state index contributed by atoms with van der Waals surface area (Å²) in [7, 11) is 0. The monoisotopic (exact) mass is 404 g/mol. The molecule has 2 rings (SSSR count). The first-order chi connectivity index (χ1) is 11.5. The minimum atomic E-state index is -1.58. The summed E-state index contributed by atoms with van der Waals surface area (Å²) in [6.45, 7) is 2.82. The van der Waals surface area contributed by atoms with Crippen LogP contribution < -0.4 is 0 Å². The van der Waals surface area contributed by atoms with Crippen molar-refractivity contribution in [3.05, 3.63) is 51.1 Å². The number of rotatable bonds is 3. The van der Waals surface area contributed by atoms with Crippen LogP contribution in [0.15, 0.2) is 40.5 Å². The zero-order chi connectivity index (χ0) is 19.0. The van der Waals surface area contributed by atoms with Crippen molar-refractivity contribution in [2.45, 2.75) is 23.6 Å². The number of ketones is 1. The van der Waals surface area contributed by atoms with Crippen LogP contribution in [0.2, 0.25) is 0 Å². The lowest BCUT2D eigenvalue weighted by atomic mass is 9.81. The van der Waals surface area contributed by atoms with Gasteiger partial charge < -0.3 is 4.84 Å². The van der Waals surface area contributed by atoms with Crippen LogP contribution in [0.3, 0.4) is 0 Å². The minimum Gasteiger partial charge on any atom is -0.312 e. The van der Waals surface area contributed by atoms with Gasteiger partial charge in [-0.25, -0.2) is 4.79 Å². The molecule has 1 aromatic rings. The lowest BCUT2D eigenvalue weighted by molar-refractivity contribution is -0.384. The molecule has 0 saturated heterocycles. The largest absolute Gasteiger partial charge is 0.365 e. The lowest BCUT2D eigenvalue weighted by Crippen LogP contribution is -2.55. The molecular weight excluding hydrogens is 395 g/mol. The van der Waals surface area contributed by atoms with Gasteiger partial charge in [0.05, 0.1) is 15.5 Å². The highest BCUT2D eigenvalue weighted by Gasteiger charge is 2.54. The molecule has 0 heterocycles. The molecule has 0 fully saturated rings. The first-order valence-corrected chi connectivity index (χ1v) is 7.96. The summed E-state index contributed by atoms with van der Waals surface area (Å²) < 4.78 is 0. The maximum absolute atomic E-state index is 12.0. The summed E-state index contributed by atoms with van der Waals surface area (Å²) in [5, 5.41) is 14.1. The quantitative estimate of drug-likeness (QED) is 0.329. The fourth-order valence-corrected chi connectivity index (χ4v) is 2.69. The van der Waals surface area contributed by atoms with E-state index in [2.05, 4.69) is 5.16 Å². The van der Waals surface area contributed by atoms with Gasteiger partial charge in [0.1, 0.15) is 15.5 Å². The summed E-state index contributed by atoms with van der Waals surface area (Å²) in [6.07, 6.45) is 1.17. The normalized spacial score (nSPS) is 27.8. The maximum Gasteiger partial charge on any atom is 0.365 e. The number of carbonyl (C=O) groups excluding carboxylic acids is 2. The van der Waals surface area contributed by atoms with Gasteiger partial charge in [0, 0.05) is 12.1 Å². The van der Waals surface area contributed by atoms with Crippen LogP contribution in [0.1, 0.15) is 24.2 Å². The molecular formula is C15H11Cl3N2O5. The molecule has 132 valence electrons. The van der Waals surface area contributed by atoms with Gasteiger partial charge in [0.15, 0.2) is 5.78 Å². The van der Waals surface area contributed by atoms with Gasteiger partial charge in [-0.15, -0.1) is 23.2 Å². The van der Waals surface area contributed by atoms with Crippen molar-refractivity contribution in [3.63, 3.8) is 0 Å². The standard InChI is InChI=1S/C15H11Cl3N2O5/c1-14(17)11(7-10(16)12(21)15(14,2)18)19-25-13(22)8-3-5-9(6-4-8)20(23)24/h3-7H,1-2H3/b19-11+. The summed E-state index contributed by atoms with van der Waals surface area (Å²) in [5.41, 5.74) is -0.136. The van der Waals surface area contributed by atoms with Gasteiger partial charge in [-0.3, -0.25) is 14.9 Å². The Kier molecular flexibility index (Phi) is 5.22. The van der Waals surface area contributed by atoms with Gasteiger partial charge in [-0.1, -0.05) is 16.8 Å². The second kappa shape index (κ2) is 6.74. The van der Waals surface area contributed by atoms with Crippen LogP contribution in [0.25, 0.3) is 0 Å². The third kappa shape index (κ3) is 3.53. The Labute approximate surface area is 157 Å². The fraction of sp³-hybridized carbons (Fsp3) is 0.267. The number of halogens is 3. The van der Waals surface area contributed by atoms with Crippen LogP contribution in [-0.2, 0) is 9.63 Å². The maximum atomic E-state index is 12.0. The average molecular weight is 406 g/mol. The van der Waals surface area contributed by atoms with Gasteiger partial charge in [0.2, 0.25) is 0 Å². The fourth-order valence-electron chi connectivity index (χ4n) is 1.97. The highest BCUT2D eigenvalue weighted by molar-refractivity contribution is 6.59. The van der Waals surface area contributed by atoms with Crippen LogP contribution in [0.4, 0.5) is 5.69 Å². The Morgan fingerprint density at radius 2 is 1.76 bits per heavy atom. The van der Waals surface area contributed by atoms with E-state index >= 15 is 0 Å². The predicted octanol–water partition coefficient (Wildman–Crippen LogP) is 3.81. The molecule has 2 atom stereocenters. The number of hydrogen-bond acceptors (Lipinski definition) is 6. The smallest absolute Gasteiger partial charge is 0.312 e. The first-order valence-electron chi connectivity index (χ1n) is 6.82. The number of hydrogen-bond donors (Lipinski definition) is 0. The van der Waals surface area contributed by atoms with E-state index in [1.165, 1.54) is 32.1 Å². The Balaban J connectivity index is 2.27. The summed E-state index contributed by atoms with van der Waals surface area (Å²) in [5.74, 6) is -1.44. The van der Waals surface area contributed by atoms with E-state index in [9.17, 15) is 19.7 Å². The van der Waals surface area contributed by atoms with Crippen LogP contribution in [-0.4, -0.2) is 32.1 Å². The molecule has 25 heavy (non-hydrogen) atoms. The Hall–Kier alpha value is -1.96. The molecule has 0 spiro atoms. The van der Waals surface area contributed by atoms with E-state index in [1.54, 1.807) is 0 Å². The zero-order valence-corrected chi connectivity index (χ0v) is 15.2. The van der Waals surface area contributed by atoms with E-state index in [0.29, 0.717) is 0 Å². The Morgan fingerprint density at radius 1 is 1.20 bits per heavy atom. The molecule has 0 aliphatic heterocycles. The molecule has 0 aromatic heterocycles. The molecule has 1 aliphatic rings. The van der Waals surface area contributed by atoms with E-state index in [1.807, 2.05) is 0 Å². The number of non-ortho nitro benzene ring substituents is 1. The van der Waals surface area contributed by atoms with Crippen molar-refractivity contribution in [1.82, 2.24) is 0 Å². The molecule has 1 aromatic carbocycles. The van der Waals surface area contributed by atoms with Crippen molar-refractivity contribution in [3.8, 4) is 0 Å². The minimum absolute atomic E-state index is 0.00784. The van der Waals surface area contributed by atoms with Crippen LogP contribution in [0, 0.1) is 10.1 Å². The number of Topliss-reactive ketones (excluding diaryl/α,β-unsaturated/α-hetero) is 1. The van der Waals surface area contributed by atoms with E-state index in [0.717, 1.165) is 12.1 Å². The SMILES string of the molecule is CC1(Cl)C(=O)C(Cl)=C/C(=N\OC(=O)c2ccc([N+](=O)[O-])cc2)C1(C)Cl. The van der Waals surface area contributed by atoms with E-state index in [4.69, 9.17) is 39.6 Å². The third-order valence-corrected chi connectivity index (χ3v) is 5.31. The van der Waals surface area contributed by atoms with Crippen molar-refractivity contribution in [1.29, 1.82) is 0 Å². The molecule has 0 bridgehead atoms. The number of oxime groups is 1. The third-order valence-electron chi connectivity index (χ3n) is 3.81. The van der Waals surface area contributed by atoms with E-state index < -0.39 is 26.4 Å². The van der Waals surface area contributed by atoms with Crippen molar-refractivity contribution >= 4 is 58.0 Å². The molecule has 2 unspecified atom stereocenters. The van der Waals surface area contributed by atoms with Gasteiger partial charge >= 0.3 is 5.97 Å². The number of carbonyl (C=O) groups is 2. The van der Waals surface area contributed by atoms with Crippen molar-refractivity contribution in [2.24, 2.45) is 5.16 Å². The molecule has 0 N–H and O–H groups in total. The van der Waals surface area contributed by atoms with Crippen molar-refractivity contribution in [2.75, 3.05) is 0 Å². The summed E-state index contributed by atoms with van der Waals surface area (Å²) in [4.78, 5) is 35.8. The number of nitrogens with zero attached hydrogens (tertiary/aromatic N) is 2. The highest BCUT2D eigenvalue weighted by Crippen LogP contribution is 2.43. The summed E-state index contributed by atoms with van der Waals surface area (Å²) >= 11 is 18.3. The zero-order valence-electron chi connectivity index (χ0n) is 13.0. The molecule has 0 saturated carbocycles. The lowest BCUT2D eigenvalue weighted by Gasteiger charge is -2.38. The number of nitro groups is 1. The topological polar surface area (TPSA) is 98.9 Å². The average Bonchev–Trinajstić information content (AvgIpc) is 2.55. The number of benzene rings is 1. The van der Waals surface area contributed by atoms with Crippen LogP contribution in [0.5, 0.6) is 0 Å². The first kappa shape index (κ1) is 19.4. The number of alkyl halides is 2. The molecule has 7 nitrogen and oxygen atoms in total. The molecule has 1 aliphatic carbocycles. The van der Waals surface area contributed by atoms with Crippen LogP contribution >= 0.6 is 34.8 Å². The number of nitro benzene ring substituents is 1. The van der Waals surface area contributed by atoms with Crippen molar-refractivity contribution < 1.29 is 19.3 Å². The number of allylic oxidation sites excluding steroid dienone is 2. The van der Waals surface area contributed by atoms with E-state index in [-0.39, 0.29) is 22.0 Å².